The summed E-state index contributed by atoms with van der Waals surface area (Å²) in [7, 11) is -3.51. The van der Waals surface area contributed by atoms with Crippen LogP contribution in [0.5, 0.6) is 0 Å². The third-order valence-electron chi connectivity index (χ3n) is 2.51. The van der Waals surface area contributed by atoms with Gasteiger partial charge in [0.05, 0.1) is 11.9 Å². The third kappa shape index (κ3) is 5.50. The van der Waals surface area contributed by atoms with Crippen LogP contribution < -0.4 is 9.62 Å². The van der Waals surface area contributed by atoms with E-state index in [1.54, 1.807) is 24.3 Å². The van der Waals surface area contributed by atoms with Crippen LogP contribution in [0.15, 0.2) is 28.7 Å². The van der Waals surface area contributed by atoms with Crippen molar-refractivity contribution in [3.63, 3.8) is 0 Å². The summed E-state index contributed by atoms with van der Waals surface area (Å²) in [5.41, 5.74) is 0.468. The van der Waals surface area contributed by atoms with Gasteiger partial charge in [0.1, 0.15) is 6.54 Å². The first-order chi connectivity index (χ1) is 9.20. The molecule has 1 rings (SSSR count). The van der Waals surface area contributed by atoms with Crippen molar-refractivity contribution in [3.05, 3.63) is 28.7 Å². The normalized spacial score (nSPS) is 11.4. The first-order valence-corrected chi connectivity index (χ1v) is 8.84. The van der Waals surface area contributed by atoms with Gasteiger partial charge < -0.3 is 5.32 Å². The van der Waals surface area contributed by atoms with Gasteiger partial charge in [0.15, 0.2) is 0 Å². The van der Waals surface area contributed by atoms with Gasteiger partial charge >= 0.3 is 0 Å². The first-order valence-electron chi connectivity index (χ1n) is 6.20. The fraction of sp³-hybridized carbons (Fsp3) is 0.462. The molecule has 7 heteroatoms. The predicted molar refractivity (Wildman–Crippen MR) is 84.2 cm³/mol. The quantitative estimate of drug-likeness (QED) is 0.841. The summed E-state index contributed by atoms with van der Waals surface area (Å²) in [4.78, 5) is 11.8. The van der Waals surface area contributed by atoms with Crippen LogP contribution in [-0.4, -0.2) is 33.7 Å². The van der Waals surface area contributed by atoms with Crippen molar-refractivity contribution >= 4 is 37.5 Å². The zero-order valence-electron chi connectivity index (χ0n) is 11.8. The monoisotopic (exact) mass is 362 g/mol. The van der Waals surface area contributed by atoms with Gasteiger partial charge in [-0.2, -0.15) is 0 Å². The first kappa shape index (κ1) is 17.0. The fourth-order valence-electron chi connectivity index (χ4n) is 1.51. The highest BCUT2D eigenvalue weighted by atomic mass is 79.9. The van der Waals surface area contributed by atoms with Crippen LogP contribution in [0.2, 0.25) is 0 Å². The molecular formula is C13H19BrN2O3S. The SMILES string of the molecule is CC(C)CNC(=O)CN(c1ccc(Br)cc1)S(C)(=O)=O. The minimum absolute atomic E-state index is 0.215. The van der Waals surface area contributed by atoms with Crippen molar-refractivity contribution in [1.82, 2.24) is 5.32 Å². The summed E-state index contributed by atoms with van der Waals surface area (Å²) in [5, 5.41) is 2.71. The summed E-state index contributed by atoms with van der Waals surface area (Å²) in [6, 6.07) is 6.78. The number of anilines is 1. The van der Waals surface area contributed by atoms with E-state index in [0.29, 0.717) is 18.2 Å². The van der Waals surface area contributed by atoms with Gasteiger partial charge in [-0.3, -0.25) is 9.10 Å². The largest absolute Gasteiger partial charge is 0.354 e. The lowest BCUT2D eigenvalue weighted by atomic mass is 10.2. The van der Waals surface area contributed by atoms with E-state index in [2.05, 4.69) is 21.2 Å². The Bertz CT molecular complexity index is 555. The van der Waals surface area contributed by atoms with Gasteiger partial charge in [0, 0.05) is 11.0 Å². The molecule has 1 N–H and O–H groups in total. The second-order valence-corrected chi connectivity index (χ2v) is 7.77. The maximum Gasteiger partial charge on any atom is 0.240 e. The van der Waals surface area contributed by atoms with E-state index in [4.69, 9.17) is 0 Å². The summed E-state index contributed by atoms with van der Waals surface area (Å²) in [5.74, 6) is 0.00496. The van der Waals surface area contributed by atoms with E-state index in [9.17, 15) is 13.2 Å². The Kier molecular flexibility index (Phi) is 6.01. The molecule has 0 aromatic heterocycles. The van der Waals surface area contributed by atoms with E-state index in [1.165, 1.54) is 0 Å². The Labute approximate surface area is 128 Å². The van der Waals surface area contributed by atoms with Crippen LogP contribution in [-0.2, 0) is 14.8 Å². The van der Waals surface area contributed by atoms with Crippen molar-refractivity contribution in [2.75, 3.05) is 23.7 Å². The molecule has 0 heterocycles. The summed E-state index contributed by atoms with van der Waals surface area (Å²) < 4.78 is 25.6. The number of carbonyl (C=O) groups excluding carboxylic acids is 1. The molecule has 0 aliphatic carbocycles. The molecule has 5 nitrogen and oxygen atoms in total. The molecule has 0 radical (unpaired) electrons. The fourth-order valence-corrected chi connectivity index (χ4v) is 2.63. The number of nitrogens with zero attached hydrogens (tertiary/aromatic N) is 1. The van der Waals surface area contributed by atoms with Crippen LogP contribution in [0, 0.1) is 5.92 Å². The van der Waals surface area contributed by atoms with Crippen molar-refractivity contribution in [2.45, 2.75) is 13.8 Å². The van der Waals surface area contributed by atoms with Crippen molar-refractivity contribution in [3.8, 4) is 0 Å². The lowest BCUT2D eigenvalue weighted by Gasteiger charge is -2.22. The summed E-state index contributed by atoms with van der Waals surface area (Å²) >= 11 is 3.29. The van der Waals surface area contributed by atoms with Gasteiger partial charge in [0.2, 0.25) is 15.9 Å². The molecule has 0 saturated heterocycles. The molecule has 1 aromatic rings. The van der Waals surface area contributed by atoms with Crippen LogP contribution in [0.1, 0.15) is 13.8 Å². The minimum Gasteiger partial charge on any atom is -0.354 e. The molecule has 0 fully saturated rings. The number of hydrogen-bond donors (Lipinski definition) is 1. The average Bonchev–Trinajstić information content (AvgIpc) is 2.33. The zero-order valence-corrected chi connectivity index (χ0v) is 14.2. The smallest absolute Gasteiger partial charge is 0.240 e. The molecule has 1 amide bonds. The topological polar surface area (TPSA) is 66.5 Å². The molecular weight excluding hydrogens is 344 g/mol. The van der Waals surface area contributed by atoms with E-state index < -0.39 is 10.0 Å². The van der Waals surface area contributed by atoms with Crippen molar-refractivity contribution in [1.29, 1.82) is 0 Å². The lowest BCUT2D eigenvalue weighted by molar-refractivity contribution is -0.119. The number of benzene rings is 1. The number of hydrogen-bond acceptors (Lipinski definition) is 3. The molecule has 112 valence electrons. The molecule has 0 unspecified atom stereocenters. The van der Waals surface area contributed by atoms with Crippen molar-refractivity contribution < 1.29 is 13.2 Å². The van der Waals surface area contributed by atoms with E-state index >= 15 is 0 Å². The Morgan fingerprint density at radius 3 is 2.30 bits per heavy atom. The zero-order chi connectivity index (χ0) is 15.3. The highest BCUT2D eigenvalue weighted by Gasteiger charge is 2.20. The number of rotatable bonds is 6. The van der Waals surface area contributed by atoms with Crippen LogP contribution in [0.4, 0.5) is 5.69 Å². The Morgan fingerprint density at radius 2 is 1.85 bits per heavy atom. The molecule has 20 heavy (non-hydrogen) atoms. The van der Waals surface area contributed by atoms with E-state index in [-0.39, 0.29) is 12.5 Å². The highest BCUT2D eigenvalue weighted by Crippen LogP contribution is 2.20. The summed E-state index contributed by atoms with van der Waals surface area (Å²) in [6.07, 6.45) is 1.09. The van der Waals surface area contributed by atoms with Gasteiger partial charge in [-0.05, 0) is 30.2 Å². The van der Waals surface area contributed by atoms with Gasteiger partial charge in [0.25, 0.3) is 0 Å². The molecule has 0 saturated carbocycles. The summed E-state index contributed by atoms with van der Waals surface area (Å²) in [6.45, 7) is 4.26. The van der Waals surface area contributed by atoms with Gasteiger partial charge in [-0.25, -0.2) is 8.42 Å². The number of nitrogens with one attached hydrogen (secondary N) is 1. The molecule has 1 aromatic carbocycles. The molecule has 0 aliphatic heterocycles. The second kappa shape index (κ2) is 7.08. The van der Waals surface area contributed by atoms with Gasteiger partial charge in [-0.1, -0.05) is 29.8 Å². The average molecular weight is 363 g/mol. The molecule has 0 spiro atoms. The maximum absolute atomic E-state index is 11.8. The number of sulfonamides is 1. The van der Waals surface area contributed by atoms with Crippen LogP contribution in [0.25, 0.3) is 0 Å². The molecule has 0 bridgehead atoms. The second-order valence-electron chi connectivity index (χ2n) is 4.94. The third-order valence-corrected chi connectivity index (χ3v) is 4.18. The van der Waals surface area contributed by atoms with Gasteiger partial charge in [-0.15, -0.1) is 0 Å². The highest BCUT2D eigenvalue weighted by molar-refractivity contribution is 9.10. The minimum atomic E-state index is -3.51. The Morgan fingerprint density at radius 1 is 1.30 bits per heavy atom. The lowest BCUT2D eigenvalue weighted by Crippen LogP contribution is -2.41. The molecule has 0 atom stereocenters. The van der Waals surface area contributed by atoms with Crippen LogP contribution in [0.3, 0.4) is 0 Å². The van der Waals surface area contributed by atoms with Crippen molar-refractivity contribution in [2.24, 2.45) is 5.92 Å². The Balaban J connectivity index is 2.87. The number of carbonyl (C=O) groups is 1. The van der Waals surface area contributed by atoms with Crippen LogP contribution >= 0.6 is 15.9 Å². The molecule has 0 aliphatic rings. The number of halogens is 1. The number of amides is 1. The van der Waals surface area contributed by atoms with E-state index in [1.807, 2.05) is 13.8 Å². The van der Waals surface area contributed by atoms with E-state index in [0.717, 1.165) is 15.0 Å². The predicted octanol–water partition coefficient (Wildman–Crippen LogP) is 1.99. The standard InChI is InChI=1S/C13H19BrN2O3S/c1-10(2)8-15-13(17)9-16(20(3,18)19)12-6-4-11(14)5-7-12/h4-7,10H,8-9H2,1-3H3,(H,15,17). The maximum atomic E-state index is 11.8. The Hall–Kier alpha value is -1.08.